The molecule has 0 saturated carbocycles. The van der Waals surface area contributed by atoms with Gasteiger partial charge < -0.3 is 19.5 Å². The molecule has 0 bridgehead atoms. The first-order valence-electron chi connectivity index (χ1n) is 6.46. The maximum atomic E-state index is 5.90. The third-order valence-electron chi connectivity index (χ3n) is 3.16. The lowest BCUT2D eigenvalue weighted by molar-refractivity contribution is 0.165. The summed E-state index contributed by atoms with van der Waals surface area (Å²) < 4.78 is 17.6. The first-order chi connectivity index (χ1) is 9.24. The second kappa shape index (κ2) is 7.12. The fourth-order valence-electron chi connectivity index (χ4n) is 2.14. The molecule has 1 atom stereocenters. The highest BCUT2D eigenvalue weighted by Gasteiger charge is 2.18. The molecule has 1 aliphatic rings. The largest absolute Gasteiger partial charge is 0.493 e. The van der Waals surface area contributed by atoms with Crippen molar-refractivity contribution in [3.63, 3.8) is 0 Å². The van der Waals surface area contributed by atoms with Crippen molar-refractivity contribution in [3.05, 3.63) is 22.2 Å². The number of nitrogens with one attached hydrogen (secondary N) is 1. The Kier molecular flexibility index (Phi) is 5.48. The Morgan fingerprint density at radius 3 is 2.95 bits per heavy atom. The van der Waals surface area contributed by atoms with E-state index in [4.69, 9.17) is 14.2 Å². The van der Waals surface area contributed by atoms with Gasteiger partial charge in [0, 0.05) is 19.1 Å². The van der Waals surface area contributed by atoms with Gasteiger partial charge in [0.15, 0.2) is 11.5 Å². The van der Waals surface area contributed by atoms with Crippen LogP contribution >= 0.6 is 15.9 Å². The molecule has 1 heterocycles. The van der Waals surface area contributed by atoms with Crippen LogP contribution in [0.3, 0.4) is 0 Å². The lowest BCUT2D eigenvalue weighted by Crippen LogP contribution is -2.13. The molecule has 0 radical (unpaired) electrons. The fourth-order valence-corrected chi connectivity index (χ4v) is 2.74. The second-order valence-electron chi connectivity index (χ2n) is 4.68. The summed E-state index contributed by atoms with van der Waals surface area (Å²) in [7, 11) is 3.58. The van der Waals surface area contributed by atoms with Gasteiger partial charge >= 0.3 is 0 Å². The van der Waals surface area contributed by atoms with Crippen LogP contribution < -0.4 is 14.8 Å². The number of hydrogen-bond acceptors (Lipinski definition) is 4. The third-order valence-corrected chi connectivity index (χ3v) is 3.75. The summed E-state index contributed by atoms with van der Waals surface area (Å²) in [6.07, 6.45) is 1.07. The third kappa shape index (κ3) is 3.84. The Balaban J connectivity index is 2.09. The Bertz CT molecular complexity index is 419. The standard InChI is InChI=1S/C14H20BrNO3/c1-16-7-11-5-12(15)14(13(6-11)17-2)19-9-10-3-4-18-8-10/h5-6,10,16H,3-4,7-9H2,1-2H3. The number of methoxy groups -OCH3 is 1. The number of benzene rings is 1. The lowest BCUT2D eigenvalue weighted by atomic mass is 10.1. The molecule has 106 valence electrons. The molecule has 1 fully saturated rings. The zero-order valence-electron chi connectivity index (χ0n) is 11.4. The quantitative estimate of drug-likeness (QED) is 0.870. The average molecular weight is 330 g/mol. The molecule has 19 heavy (non-hydrogen) atoms. The lowest BCUT2D eigenvalue weighted by Gasteiger charge is -2.16. The topological polar surface area (TPSA) is 39.7 Å². The smallest absolute Gasteiger partial charge is 0.175 e. The highest BCUT2D eigenvalue weighted by molar-refractivity contribution is 9.10. The molecular weight excluding hydrogens is 310 g/mol. The van der Waals surface area contributed by atoms with Crippen LogP contribution in [0.15, 0.2) is 16.6 Å². The summed E-state index contributed by atoms with van der Waals surface area (Å²) in [6, 6.07) is 4.06. The molecule has 0 aromatic heterocycles. The van der Waals surface area contributed by atoms with Crippen LogP contribution in [0.1, 0.15) is 12.0 Å². The van der Waals surface area contributed by atoms with E-state index in [-0.39, 0.29) is 0 Å². The molecule has 1 aromatic rings. The Morgan fingerprint density at radius 1 is 1.47 bits per heavy atom. The van der Waals surface area contributed by atoms with Crippen LogP contribution in [0.25, 0.3) is 0 Å². The van der Waals surface area contributed by atoms with Crippen molar-refractivity contribution >= 4 is 15.9 Å². The molecule has 0 spiro atoms. The monoisotopic (exact) mass is 329 g/mol. The number of hydrogen-bond donors (Lipinski definition) is 1. The van der Waals surface area contributed by atoms with Gasteiger partial charge in [-0.1, -0.05) is 0 Å². The van der Waals surface area contributed by atoms with Crippen LogP contribution in [-0.4, -0.2) is 34.0 Å². The summed E-state index contributed by atoms with van der Waals surface area (Å²) >= 11 is 3.55. The van der Waals surface area contributed by atoms with Gasteiger partial charge in [-0.25, -0.2) is 0 Å². The van der Waals surface area contributed by atoms with Crippen LogP contribution in [0, 0.1) is 5.92 Å². The molecule has 0 amide bonds. The van der Waals surface area contributed by atoms with Crippen molar-refractivity contribution in [2.24, 2.45) is 5.92 Å². The molecule has 5 heteroatoms. The minimum atomic E-state index is 0.480. The van der Waals surface area contributed by atoms with E-state index in [0.717, 1.165) is 47.7 Å². The SMILES string of the molecule is CNCc1cc(Br)c(OCC2CCOC2)c(OC)c1. The maximum Gasteiger partial charge on any atom is 0.175 e. The summed E-state index contributed by atoms with van der Waals surface area (Å²) in [5.74, 6) is 2.02. The minimum absolute atomic E-state index is 0.480. The maximum absolute atomic E-state index is 5.90. The molecule has 4 nitrogen and oxygen atoms in total. The van der Waals surface area contributed by atoms with E-state index in [0.29, 0.717) is 12.5 Å². The number of ether oxygens (including phenoxy) is 3. The second-order valence-corrected chi connectivity index (χ2v) is 5.53. The normalized spacial score (nSPS) is 18.6. The number of halogens is 1. The minimum Gasteiger partial charge on any atom is -0.493 e. The van der Waals surface area contributed by atoms with Crippen LogP contribution in [0.4, 0.5) is 0 Å². The van der Waals surface area contributed by atoms with Crippen molar-refractivity contribution in [2.45, 2.75) is 13.0 Å². The van der Waals surface area contributed by atoms with Gasteiger partial charge in [-0.2, -0.15) is 0 Å². The highest BCUT2D eigenvalue weighted by Crippen LogP contribution is 2.37. The van der Waals surface area contributed by atoms with Gasteiger partial charge in [-0.15, -0.1) is 0 Å². The van der Waals surface area contributed by atoms with E-state index in [9.17, 15) is 0 Å². The van der Waals surface area contributed by atoms with Gasteiger partial charge in [-0.05, 0) is 47.1 Å². The van der Waals surface area contributed by atoms with Crippen molar-refractivity contribution < 1.29 is 14.2 Å². The predicted octanol–water partition coefficient (Wildman–Crippen LogP) is 2.59. The van der Waals surface area contributed by atoms with E-state index in [1.54, 1.807) is 7.11 Å². The van der Waals surface area contributed by atoms with Crippen LogP contribution in [0.2, 0.25) is 0 Å². The summed E-state index contributed by atoms with van der Waals surface area (Å²) in [5.41, 5.74) is 1.16. The Morgan fingerprint density at radius 2 is 2.32 bits per heavy atom. The molecule has 2 rings (SSSR count). The van der Waals surface area contributed by atoms with Crippen molar-refractivity contribution in [1.82, 2.24) is 5.32 Å². The molecule has 1 N–H and O–H groups in total. The van der Waals surface area contributed by atoms with Gasteiger partial charge in [0.2, 0.25) is 0 Å². The number of rotatable bonds is 6. The molecule has 1 unspecified atom stereocenters. The van der Waals surface area contributed by atoms with E-state index in [1.807, 2.05) is 13.1 Å². The highest BCUT2D eigenvalue weighted by atomic mass is 79.9. The molecule has 1 saturated heterocycles. The summed E-state index contributed by atoms with van der Waals surface area (Å²) in [4.78, 5) is 0. The van der Waals surface area contributed by atoms with Gasteiger partial charge in [0.05, 0.1) is 24.8 Å². The Hall–Kier alpha value is -0.780. The average Bonchev–Trinajstić information content (AvgIpc) is 2.90. The van der Waals surface area contributed by atoms with Crippen LogP contribution in [-0.2, 0) is 11.3 Å². The summed E-state index contributed by atoms with van der Waals surface area (Å²) in [6.45, 7) is 3.09. The van der Waals surface area contributed by atoms with E-state index in [1.165, 1.54) is 0 Å². The van der Waals surface area contributed by atoms with Crippen LogP contribution in [0.5, 0.6) is 11.5 Å². The molecule has 0 aliphatic carbocycles. The van der Waals surface area contributed by atoms with E-state index >= 15 is 0 Å². The first-order valence-corrected chi connectivity index (χ1v) is 7.25. The van der Waals surface area contributed by atoms with Gasteiger partial charge in [0.25, 0.3) is 0 Å². The first kappa shape index (κ1) is 14.6. The van der Waals surface area contributed by atoms with E-state index in [2.05, 4.69) is 27.3 Å². The Labute approximate surface area is 122 Å². The predicted molar refractivity (Wildman–Crippen MR) is 77.9 cm³/mol. The zero-order valence-corrected chi connectivity index (χ0v) is 13.0. The molecule has 1 aliphatic heterocycles. The van der Waals surface area contributed by atoms with E-state index < -0.39 is 0 Å². The van der Waals surface area contributed by atoms with Crippen molar-refractivity contribution in [1.29, 1.82) is 0 Å². The van der Waals surface area contributed by atoms with Crippen molar-refractivity contribution in [2.75, 3.05) is 34.0 Å². The zero-order chi connectivity index (χ0) is 13.7. The molecule has 1 aromatic carbocycles. The fraction of sp³-hybridized carbons (Fsp3) is 0.571. The van der Waals surface area contributed by atoms with Gasteiger partial charge in [0.1, 0.15) is 0 Å². The molecular formula is C14H20BrNO3. The van der Waals surface area contributed by atoms with Crippen molar-refractivity contribution in [3.8, 4) is 11.5 Å². The van der Waals surface area contributed by atoms with Gasteiger partial charge in [-0.3, -0.25) is 0 Å². The summed E-state index contributed by atoms with van der Waals surface area (Å²) in [5, 5.41) is 3.13.